The highest BCUT2D eigenvalue weighted by atomic mass is 79.9. The van der Waals surface area contributed by atoms with Gasteiger partial charge in [-0.2, -0.15) is 0 Å². The van der Waals surface area contributed by atoms with Crippen molar-refractivity contribution >= 4 is 15.9 Å². The predicted octanol–water partition coefficient (Wildman–Crippen LogP) is 3.70. The molecule has 16 heavy (non-hydrogen) atoms. The second-order valence-corrected chi connectivity index (χ2v) is 5.48. The number of hydrogen-bond donors (Lipinski definition) is 1. The van der Waals surface area contributed by atoms with Crippen molar-refractivity contribution in [3.8, 4) is 0 Å². The molecule has 0 saturated heterocycles. The lowest BCUT2D eigenvalue weighted by Crippen LogP contribution is -2.35. The van der Waals surface area contributed by atoms with E-state index < -0.39 is 0 Å². The molecule has 1 aliphatic carbocycles. The first-order chi connectivity index (χ1) is 7.81. The molecule has 0 amide bonds. The summed E-state index contributed by atoms with van der Waals surface area (Å²) in [6.07, 6.45) is 6.26. The Morgan fingerprint density at radius 3 is 3.12 bits per heavy atom. The van der Waals surface area contributed by atoms with Crippen molar-refractivity contribution in [2.75, 3.05) is 6.54 Å². The smallest absolute Gasteiger partial charge is 0.0210 e. The Bertz CT molecular complexity index is 349. The summed E-state index contributed by atoms with van der Waals surface area (Å²) in [6, 6.07) is 7.25. The molecule has 0 heterocycles. The topological polar surface area (TPSA) is 12.0 Å². The molecule has 0 radical (unpaired) electrons. The third kappa shape index (κ3) is 2.86. The Kier molecular flexibility index (Phi) is 4.42. The Labute approximate surface area is 107 Å². The van der Waals surface area contributed by atoms with Crippen LogP contribution in [0.4, 0.5) is 0 Å². The number of fused-ring (bicyclic) bond motifs is 1. The Hall–Kier alpha value is -0.340. The number of aryl methyl sites for hydroxylation is 1. The molecule has 0 aromatic heterocycles. The predicted molar refractivity (Wildman–Crippen MR) is 72.9 cm³/mol. The first kappa shape index (κ1) is 12.1. The highest BCUT2D eigenvalue weighted by Gasteiger charge is 2.19. The van der Waals surface area contributed by atoms with Crippen LogP contribution in [0.3, 0.4) is 0 Å². The molecule has 1 aromatic rings. The van der Waals surface area contributed by atoms with Crippen LogP contribution in [0.1, 0.15) is 37.3 Å². The van der Waals surface area contributed by atoms with Crippen LogP contribution in [-0.4, -0.2) is 12.6 Å². The Morgan fingerprint density at radius 2 is 2.31 bits per heavy atom. The molecule has 1 aliphatic rings. The average Bonchev–Trinajstić information content (AvgIpc) is 2.30. The van der Waals surface area contributed by atoms with Gasteiger partial charge in [0.15, 0.2) is 0 Å². The summed E-state index contributed by atoms with van der Waals surface area (Å²) in [7, 11) is 0. The van der Waals surface area contributed by atoms with Gasteiger partial charge in [0.05, 0.1) is 0 Å². The summed E-state index contributed by atoms with van der Waals surface area (Å²) in [4.78, 5) is 0. The second-order valence-electron chi connectivity index (χ2n) is 4.62. The first-order valence-corrected chi connectivity index (χ1v) is 7.10. The molecule has 1 unspecified atom stereocenters. The van der Waals surface area contributed by atoms with Crippen molar-refractivity contribution in [3.05, 3.63) is 33.8 Å². The largest absolute Gasteiger partial charge is 0.314 e. The fourth-order valence-electron chi connectivity index (χ4n) is 2.40. The van der Waals surface area contributed by atoms with Crippen LogP contribution in [0.25, 0.3) is 0 Å². The van der Waals surface area contributed by atoms with E-state index in [9.17, 15) is 0 Å². The van der Waals surface area contributed by atoms with Gasteiger partial charge in [0.2, 0.25) is 0 Å². The molecule has 0 spiro atoms. The van der Waals surface area contributed by atoms with E-state index >= 15 is 0 Å². The zero-order valence-corrected chi connectivity index (χ0v) is 11.5. The summed E-state index contributed by atoms with van der Waals surface area (Å²) in [6.45, 7) is 3.41. The van der Waals surface area contributed by atoms with Gasteiger partial charge in [-0.3, -0.25) is 0 Å². The molecule has 0 fully saturated rings. The molecule has 2 rings (SSSR count). The van der Waals surface area contributed by atoms with Crippen LogP contribution in [-0.2, 0) is 12.8 Å². The molecule has 88 valence electrons. The van der Waals surface area contributed by atoms with Crippen LogP contribution >= 0.6 is 15.9 Å². The molecule has 1 atom stereocenters. The fourth-order valence-corrected chi connectivity index (χ4v) is 2.97. The molecule has 0 saturated carbocycles. The van der Waals surface area contributed by atoms with E-state index in [-0.39, 0.29) is 0 Å². The van der Waals surface area contributed by atoms with Crippen molar-refractivity contribution in [2.45, 2.75) is 45.1 Å². The normalized spacial score (nSPS) is 19.5. The summed E-state index contributed by atoms with van der Waals surface area (Å²) >= 11 is 3.66. The lowest BCUT2D eigenvalue weighted by Gasteiger charge is -2.26. The quantitative estimate of drug-likeness (QED) is 0.830. The van der Waals surface area contributed by atoms with Gasteiger partial charge in [0, 0.05) is 10.5 Å². The molecule has 2 heteroatoms. The minimum absolute atomic E-state index is 0.678. The molecular weight excluding hydrogens is 262 g/mol. The average molecular weight is 282 g/mol. The summed E-state index contributed by atoms with van der Waals surface area (Å²) in [5.41, 5.74) is 3.05. The van der Waals surface area contributed by atoms with Crippen LogP contribution in [0, 0.1) is 0 Å². The minimum Gasteiger partial charge on any atom is -0.314 e. The second kappa shape index (κ2) is 5.83. The number of unbranched alkanes of at least 4 members (excludes halogenated alkanes) is 1. The van der Waals surface area contributed by atoms with Gasteiger partial charge in [-0.05, 0) is 49.4 Å². The van der Waals surface area contributed by atoms with E-state index in [1.165, 1.54) is 54.2 Å². The lowest BCUT2D eigenvalue weighted by molar-refractivity contribution is 0.452. The van der Waals surface area contributed by atoms with Crippen LogP contribution in [0.5, 0.6) is 0 Å². The van der Waals surface area contributed by atoms with Crippen molar-refractivity contribution in [1.29, 1.82) is 0 Å². The van der Waals surface area contributed by atoms with Crippen LogP contribution < -0.4 is 5.32 Å². The van der Waals surface area contributed by atoms with E-state index in [1.54, 1.807) is 0 Å². The maximum absolute atomic E-state index is 3.67. The monoisotopic (exact) mass is 281 g/mol. The summed E-state index contributed by atoms with van der Waals surface area (Å²) in [5, 5.41) is 3.67. The highest BCUT2D eigenvalue weighted by molar-refractivity contribution is 9.10. The number of halogens is 1. The lowest BCUT2D eigenvalue weighted by atomic mass is 9.88. The van der Waals surface area contributed by atoms with E-state index in [0.717, 1.165) is 0 Å². The highest BCUT2D eigenvalue weighted by Crippen LogP contribution is 2.28. The van der Waals surface area contributed by atoms with E-state index in [4.69, 9.17) is 0 Å². The summed E-state index contributed by atoms with van der Waals surface area (Å²) in [5.74, 6) is 0. The van der Waals surface area contributed by atoms with Crippen molar-refractivity contribution in [2.24, 2.45) is 0 Å². The fraction of sp³-hybridized carbons (Fsp3) is 0.571. The van der Waals surface area contributed by atoms with Gasteiger partial charge >= 0.3 is 0 Å². The van der Waals surface area contributed by atoms with Gasteiger partial charge < -0.3 is 5.32 Å². The number of nitrogens with one attached hydrogen (secondary N) is 1. The first-order valence-electron chi connectivity index (χ1n) is 6.31. The third-order valence-corrected chi connectivity index (χ3v) is 4.13. The van der Waals surface area contributed by atoms with Crippen LogP contribution in [0.2, 0.25) is 0 Å². The Balaban J connectivity index is 1.97. The zero-order valence-electron chi connectivity index (χ0n) is 9.93. The molecule has 1 aromatic carbocycles. The van der Waals surface area contributed by atoms with Gasteiger partial charge in [-0.15, -0.1) is 0 Å². The standard InChI is InChI=1S/C14H20BrN/c1-2-3-9-16-12-8-7-11-5-4-6-14(15)13(11)10-12/h4-6,12,16H,2-3,7-10H2,1H3. The Morgan fingerprint density at radius 1 is 1.44 bits per heavy atom. The summed E-state index contributed by atoms with van der Waals surface area (Å²) < 4.78 is 1.28. The molecular formula is C14H20BrN. The van der Waals surface area contributed by atoms with Crippen molar-refractivity contribution in [3.63, 3.8) is 0 Å². The van der Waals surface area contributed by atoms with Gasteiger partial charge in [0.25, 0.3) is 0 Å². The zero-order chi connectivity index (χ0) is 11.4. The van der Waals surface area contributed by atoms with E-state index in [1.807, 2.05) is 0 Å². The maximum atomic E-state index is 3.67. The van der Waals surface area contributed by atoms with Crippen LogP contribution in [0.15, 0.2) is 22.7 Å². The van der Waals surface area contributed by atoms with Gasteiger partial charge in [0.1, 0.15) is 0 Å². The number of hydrogen-bond acceptors (Lipinski definition) is 1. The molecule has 1 N–H and O–H groups in total. The third-order valence-electron chi connectivity index (χ3n) is 3.39. The number of benzene rings is 1. The van der Waals surface area contributed by atoms with Gasteiger partial charge in [-0.1, -0.05) is 41.4 Å². The molecule has 0 bridgehead atoms. The SMILES string of the molecule is CCCCNC1CCc2cccc(Br)c2C1. The molecule has 0 aliphatic heterocycles. The van der Waals surface area contributed by atoms with E-state index in [2.05, 4.69) is 46.4 Å². The van der Waals surface area contributed by atoms with E-state index in [0.29, 0.717) is 6.04 Å². The maximum Gasteiger partial charge on any atom is 0.0210 e. The van der Waals surface area contributed by atoms with Gasteiger partial charge in [-0.25, -0.2) is 0 Å². The van der Waals surface area contributed by atoms with Crippen molar-refractivity contribution < 1.29 is 0 Å². The number of rotatable bonds is 4. The molecule has 1 nitrogen and oxygen atoms in total. The minimum atomic E-state index is 0.678. The van der Waals surface area contributed by atoms with Crippen molar-refractivity contribution in [1.82, 2.24) is 5.32 Å².